The third kappa shape index (κ3) is 4.34. The summed E-state index contributed by atoms with van der Waals surface area (Å²) in [6.07, 6.45) is 2.11. The maximum Gasteiger partial charge on any atom is 0.257 e. The van der Waals surface area contributed by atoms with E-state index in [0.717, 1.165) is 30.4 Å². The predicted molar refractivity (Wildman–Crippen MR) is 90.2 cm³/mol. The summed E-state index contributed by atoms with van der Waals surface area (Å²) in [7, 11) is 1.58. The van der Waals surface area contributed by atoms with Gasteiger partial charge in [-0.2, -0.15) is 0 Å². The van der Waals surface area contributed by atoms with Crippen LogP contribution in [0.2, 0.25) is 0 Å². The molecule has 1 fully saturated rings. The maximum atomic E-state index is 12.6. The van der Waals surface area contributed by atoms with Crippen molar-refractivity contribution in [1.82, 2.24) is 4.90 Å². The zero-order valence-electron chi connectivity index (χ0n) is 12.3. The van der Waals surface area contributed by atoms with Crippen molar-refractivity contribution in [1.29, 1.82) is 0 Å². The lowest BCUT2D eigenvalue weighted by Gasteiger charge is -2.34. The van der Waals surface area contributed by atoms with Crippen LogP contribution < -0.4 is 10.5 Å². The van der Waals surface area contributed by atoms with Gasteiger partial charge in [-0.1, -0.05) is 15.9 Å². The van der Waals surface area contributed by atoms with Crippen molar-refractivity contribution in [2.24, 2.45) is 11.7 Å². The molecule has 1 amide bonds. The van der Waals surface area contributed by atoms with E-state index < -0.39 is 0 Å². The zero-order valence-corrected chi connectivity index (χ0v) is 14.7. The highest BCUT2D eigenvalue weighted by molar-refractivity contribution is 9.10. The molecule has 2 rings (SSSR count). The molecule has 0 aromatic heterocycles. The molecule has 21 heavy (non-hydrogen) atoms. The van der Waals surface area contributed by atoms with E-state index in [2.05, 4.69) is 15.9 Å². The molecular formula is C15H22BrClN2O2. The first kappa shape index (κ1) is 18.3. The van der Waals surface area contributed by atoms with Gasteiger partial charge in [0, 0.05) is 23.6 Å². The maximum absolute atomic E-state index is 12.6. The number of piperidine rings is 1. The van der Waals surface area contributed by atoms with Crippen LogP contribution in [0.3, 0.4) is 0 Å². The summed E-state index contributed by atoms with van der Waals surface area (Å²) < 4.78 is 6.21. The third-order valence-electron chi connectivity index (χ3n) is 3.88. The molecular weight excluding hydrogens is 356 g/mol. The molecule has 1 aromatic rings. The molecule has 2 atom stereocenters. The van der Waals surface area contributed by atoms with Crippen LogP contribution in [0.25, 0.3) is 0 Å². The van der Waals surface area contributed by atoms with Crippen LogP contribution in [0.4, 0.5) is 0 Å². The molecule has 1 aliphatic rings. The van der Waals surface area contributed by atoms with E-state index in [4.69, 9.17) is 10.5 Å². The van der Waals surface area contributed by atoms with Crippen molar-refractivity contribution < 1.29 is 9.53 Å². The normalized spacial score (nSPS) is 19.6. The van der Waals surface area contributed by atoms with Gasteiger partial charge in [-0.25, -0.2) is 0 Å². The van der Waals surface area contributed by atoms with Crippen LogP contribution >= 0.6 is 28.3 Å². The molecule has 0 radical (unpaired) electrons. The number of carbonyl (C=O) groups is 1. The Balaban J connectivity index is 0.00000220. The standard InChI is InChI=1S/C15H21BrN2O2.ClH/c1-10(17)11-4-3-7-18(9-11)15(19)13-6-5-12(16)8-14(13)20-2;/h5-6,8,10-11H,3-4,7,9,17H2,1-2H3;1H. The topological polar surface area (TPSA) is 55.6 Å². The summed E-state index contributed by atoms with van der Waals surface area (Å²) in [4.78, 5) is 14.5. The lowest BCUT2D eigenvalue weighted by molar-refractivity contribution is 0.0657. The minimum Gasteiger partial charge on any atom is -0.496 e. The van der Waals surface area contributed by atoms with Crippen molar-refractivity contribution in [2.75, 3.05) is 20.2 Å². The molecule has 1 heterocycles. The summed E-state index contributed by atoms with van der Waals surface area (Å²) in [6, 6.07) is 5.61. The Morgan fingerprint density at radius 3 is 2.86 bits per heavy atom. The number of halogens is 2. The van der Waals surface area contributed by atoms with Crippen LogP contribution in [0, 0.1) is 5.92 Å². The number of amides is 1. The molecule has 6 heteroatoms. The van der Waals surface area contributed by atoms with Crippen LogP contribution in [-0.2, 0) is 0 Å². The van der Waals surface area contributed by atoms with E-state index in [1.54, 1.807) is 13.2 Å². The van der Waals surface area contributed by atoms with Crippen LogP contribution in [-0.4, -0.2) is 37.0 Å². The Morgan fingerprint density at radius 1 is 1.52 bits per heavy atom. The lowest BCUT2D eigenvalue weighted by atomic mass is 9.92. The minimum atomic E-state index is 0. The van der Waals surface area contributed by atoms with E-state index in [0.29, 0.717) is 17.2 Å². The van der Waals surface area contributed by atoms with Gasteiger partial charge in [0.15, 0.2) is 0 Å². The number of nitrogens with zero attached hydrogens (tertiary/aromatic N) is 1. The third-order valence-corrected chi connectivity index (χ3v) is 4.38. The Morgan fingerprint density at radius 2 is 2.24 bits per heavy atom. The number of carbonyl (C=O) groups excluding carboxylic acids is 1. The van der Waals surface area contributed by atoms with Crippen molar-refractivity contribution in [3.05, 3.63) is 28.2 Å². The van der Waals surface area contributed by atoms with Crippen LogP contribution in [0.5, 0.6) is 5.75 Å². The Bertz CT molecular complexity index is 497. The molecule has 118 valence electrons. The fraction of sp³-hybridized carbons (Fsp3) is 0.533. The first-order valence-electron chi connectivity index (χ1n) is 6.91. The first-order chi connectivity index (χ1) is 9.52. The summed E-state index contributed by atoms with van der Waals surface area (Å²) >= 11 is 3.39. The molecule has 0 saturated carbocycles. The fourth-order valence-corrected chi connectivity index (χ4v) is 2.98. The molecule has 0 aliphatic carbocycles. The molecule has 1 saturated heterocycles. The van der Waals surface area contributed by atoms with E-state index in [1.807, 2.05) is 24.0 Å². The highest BCUT2D eigenvalue weighted by atomic mass is 79.9. The smallest absolute Gasteiger partial charge is 0.257 e. The number of hydrogen-bond donors (Lipinski definition) is 1. The van der Waals surface area contributed by atoms with E-state index in [9.17, 15) is 4.79 Å². The Kier molecular flexibility index (Phi) is 6.97. The summed E-state index contributed by atoms with van der Waals surface area (Å²) in [5.41, 5.74) is 6.59. The second-order valence-electron chi connectivity index (χ2n) is 5.36. The number of nitrogens with two attached hydrogens (primary N) is 1. The van der Waals surface area contributed by atoms with Crippen molar-refractivity contribution in [3.8, 4) is 5.75 Å². The second kappa shape index (κ2) is 8.01. The summed E-state index contributed by atoms with van der Waals surface area (Å²) in [5.74, 6) is 1.01. The van der Waals surface area contributed by atoms with Gasteiger partial charge in [0.05, 0.1) is 12.7 Å². The van der Waals surface area contributed by atoms with Crippen LogP contribution in [0.1, 0.15) is 30.1 Å². The van der Waals surface area contributed by atoms with Crippen molar-refractivity contribution in [2.45, 2.75) is 25.8 Å². The Labute approximate surface area is 140 Å². The number of rotatable bonds is 3. The molecule has 4 nitrogen and oxygen atoms in total. The average Bonchev–Trinajstić information content (AvgIpc) is 2.46. The van der Waals surface area contributed by atoms with Gasteiger partial charge in [0.1, 0.15) is 5.75 Å². The molecule has 0 spiro atoms. The van der Waals surface area contributed by atoms with Crippen molar-refractivity contribution in [3.63, 3.8) is 0 Å². The SMILES string of the molecule is COc1cc(Br)ccc1C(=O)N1CCCC(C(C)N)C1.Cl. The van der Waals surface area contributed by atoms with Crippen LogP contribution in [0.15, 0.2) is 22.7 Å². The number of ether oxygens (including phenoxy) is 1. The second-order valence-corrected chi connectivity index (χ2v) is 6.27. The average molecular weight is 378 g/mol. The largest absolute Gasteiger partial charge is 0.496 e. The molecule has 2 N–H and O–H groups in total. The lowest BCUT2D eigenvalue weighted by Crippen LogP contribution is -2.45. The van der Waals surface area contributed by atoms with Gasteiger partial charge in [-0.05, 0) is 43.9 Å². The monoisotopic (exact) mass is 376 g/mol. The minimum absolute atomic E-state index is 0. The van der Waals surface area contributed by atoms with E-state index >= 15 is 0 Å². The number of likely N-dealkylation sites (tertiary alicyclic amines) is 1. The fourth-order valence-electron chi connectivity index (χ4n) is 2.64. The highest BCUT2D eigenvalue weighted by Gasteiger charge is 2.27. The quantitative estimate of drug-likeness (QED) is 0.880. The highest BCUT2D eigenvalue weighted by Crippen LogP contribution is 2.27. The number of hydrogen-bond acceptors (Lipinski definition) is 3. The summed E-state index contributed by atoms with van der Waals surface area (Å²) in [6.45, 7) is 3.54. The van der Waals surface area contributed by atoms with Gasteiger partial charge in [-0.3, -0.25) is 4.79 Å². The predicted octanol–water partition coefficient (Wildman–Crippen LogP) is 3.08. The molecule has 1 aliphatic heterocycles. The van der Waals surface area contributed by atoms with Gasteiger partial charge in [-0.15, -0.1) is 12.4 Å². The first-order valence-corrected chi connectivity index (χ1v) is 7.70. The van der Waals surface area contributed by atoms with E-state index in [-0.39, 0.29) is 24.4 Å². The van der Waals surface area contributed by atoms with Gasteiger partial charge < -0.3 is 15.4 Å². The molecule has 2 unspecified atom stereocenters. The number of benzene rings is 1. The zero-order chi connectivity index (χ0) is 14.7. The number of methoxy groups -OCH3 is 1. The van der Waals surface area contributed by atoms with Gasteiger partial charge in [0.25, 0.3) is 5.91 Å². The molecule has 1 aromatic carbocycles. The van der Waals surface area contributed by atoms with Gasteiger partial charge >= 0.3 is 0 Å². The van der Waals surface area contributed by atoms with E-state index in [1.165, 1.54) is 0 Å². The Hall–Kier alpha value is -0.780. The van der Waals surface area contributed by atoms with Crippen molar-refractivity contribution >= 4 is 34.2 Å². The van der Waals surface area contributed by atoms with Gasteiger partial charge in [0.2, 0.25) is 0 Å². The summed E-state index contributed by atoms with van der Waals surface area (Å²) in [5, 5.41) is 0. The molecule has 0 bridgehead atoms.